The molecule has 0 bridgehead atoms. The lowest BCUT2D eigenvalue weighted by Crippen LogP contribution is -2.56. The number of hydrogen-bond donors (Lipinski definition) is 5. The molecule has 3 amide bonds. The van der Waals surface area contributed by atoms with Crippen LogP contribution < -0.4 is 21.7 Å². The summed E-state index contributed by atoms with van der Waals surface area (Å²) < 4.78 is 0. The molecule has 0 saturated heterocycles. The van der Waals surface area contributed by atoms with Gasteiger partial charge in [-0.1, -0.05) is 60.7 Å². The molecule has 0 fully saturated rings. The van der Waals surface area contributed by atoms with Crippen molar-refractivity contribution in [3.05, 3.63) is 71.8 Å². The summed E-state index contributed by atoms with van der Waals surface area (Å²) in [4.78, 5) is 48.8. The van der Waals surface area contributed by atoms with Gasteiger partial charge in [0.15, 0.2) is 0 Å². The standard InChI is InChI=1S/C24H30N4O5/c1-15(21(29)27-16(2)24(32)33)26-23(31)20(14-18-11-7-4-8-12-18)28-22(30)19(25)13-17-9-5-3-6-10-17/h3-12,15-16,19-20H,13-14,25H2,1-2H3,(H,26,31)(H,27,29)(H,28,30)(H,32,33). The molecule has 0 spiro atoms. The van der Waals surface area contributed by atoms with Gasteiger partial charge in [-0.15, -0.1) is 0 Å². The SMILES string of the molecule is CC(NC(=O)C(C)NC(=O)C(Cc1ccccc1)NC(=O)C(N)Cc1ccccc1)C(=O)O. The predicted octanol–water partition coefficient (Wildman–Crippen LogP) is 0.378. The number of benzene rings is 2. The highest BCUT2D eigenvalue weighted by atomic mass is 16.4. The number of rotatable bonds is 11. The van der Waals surface area contributed by atoms with Gasteiger partial charge in [-0.2, -0.15) is 0 Å². The van der Waals surface area contributed by atoms with E-state index in [-0.39, 0.29) is 6.42 Å². The lowest BCUT2D eigenvalue weighted by molar-refractivity contribution is -0.141. The van der Waals surface area contributed by atoms with Crippen LogP contribution in [0.4, 0.5) is 0 Å². The highest BCUT2D eigenvalue weighted by molar-refractivity contribution is 5.94. The lowest BCUT2D eigenvalue weighted by Gasteiger charge is -2.23. The van der Waals surface area contributed by atoms with E-state index in [0.29, 0.717) is 6.42 Å². The van der Waals surface area contributed by atoms with Crippen molar-refractivity contribution in [2.24, 2.45) is 5.73 Å². The van der Waals surface area contributed by atoms with Gasteiger partial charge in [-0.05, 0) is 31.4 Å². The molecule has 176 valence electrons. The number of hydrogen-bond acceptors (Lipinski definition) is 5. The Bertz CT molecular complexity index is 952. The maximum Gasteiger partial charge on any atom is 0.325 e. The smallest absolute Gasteiger partial charge is 0.325 e. The summed E-state index contributed by atoms with van der Waals surface area (Å²) >= 11 is 0. The fourth-order valence-electron chi connectivity index (χ4n) is 3.08. The van der Waals surface area contributed by atoms with E-state index in [4.69, 9.17) is 10.8 Å². The van der Waals surface area contributed by atoms with E-state index in [9.17, 15) is 19.2 Å². The third-order valence-corrected chi connectivity index (χ3v) is 5.03. The van der Waals surface area contributed by atoms with Crippen molar-refractivity contribution < 1.29 is 24.3 Å². The maximum absolute atomic E-state index is 12.9. The van der Waals surface area contributed by atoms with Crippen molar-refractivity contribution >= 4 is 23.7 Å². The second kappa shape index (κ2) is 12.4. The number of nitrogens with one attached hydrogen (secondary N) is 3. The Balaban J connectivity index is 2.07. The molecular weight excluding hydrogens is 424 g/mol. The molecule has 4 unspecified atom stereocenters. The van der Waals surface area contributed by atoms with Crippen LogP contribution in [-0.2, 0) is 32.0 Å². The van der Waals surface area contributed by atoms with Crippen molar-refractivity contribution in [2.45, 2.75) is 50.9 Å². The van der Waals surface area contributed by atoms with Crippen molar-refractivity contribution in [1.82, 2.24) is 16.0 Å². The normalized spacial score (nSPS) is 14.3. The first-order chi connectivity index (χ1) is 15.7. The second-order valence-electron chi connectivity index (χ2n) is 7.85. The van der Waals surface area contributed by atoms with Crippen LogP contribution in [0, 0.1) is 0 Å². The van der Waals surface area contributed by atoms with Gasteiger partial charge in [0.2, 0.25) is 17.7 Å². The van der Waals surface area contributed by atoms with Crippen LogP contribution in [0.2, 0.25) is 0 Å². The fourth-order valence-corrected chi connectivity index (χ4v) is 3.08. The van der Waals surface area contributed by atoms with Crippen LogP contribution >= 0.6 is 0 Å². The average Bonchev–Trinajstić information content (AvgIpc) is 2.79. The number of carbonyl (C=O) groups excluding carboxylic acids is 3. The molecule has 0 aliphatic carbocycles. The minimum Gasteiger partial charge on any atom is -0.480 e. The first-order valence-corrected chi connectivity index (χ1v) is 10.6. The second-order valence-corrected chi connectivity index (χ2v) is 7.85. The largest absolute Gasteiger partial charge is 0.480 e. The first-order valence-electron chi connectivity index (χ1n) is 10.6. The number of carboxylic acids is 1. The van der Waals surface area contributed by atoms with Crippen molar-refractivity contribution in [3.63, 3.8) is 0 Å². The number of aliphatic carboxylic acids is 1. The maximum atomic E-state index is 12.9. The third-order valence-electron chi connectivity index (χ3n) is 5.03. The molecule has 2 aromatic rings. The highest BCUT2D eigenvalue weighted by Crippen LogP contribution is 2.06. The fraction of sp³-hybridized carbons (Fsp3) is 0.333. The Morgan fingerprint density at radius 3 is 1.73 bits per heavy atom. The van der Waals surface area contributed by atoms with Crippen LogP contribution in [-0.4, -0.2) is 53.0 Å². The summed E-state index contributed by atoms with van der Waals surface area (Å²) in [5, 5.41) is 16.5. The third kappa shape index (κ3) is 8.38. The van der Waals surface area contributed by atoms with E-state index >= 15 is 0 Å². The number of carboxylic acid groups (broad SMARTS) is 1. The highest BCUT2D eigenvalue weighted by Gasteiger charge is 2.27. The molecule has 0 saturated carbocycles. The Morgan fingerprint density at radius 2 is 1.21 bits per heavy atom. The molecule has 0 aromatic heterocycles. The summed E-state index contributed by atoms with van der Waals surface area (Å²) in [7, 11) is 0. The molecule has 0 aliphatic heterocycles. The van der Waals surface area contributed by atoms with Crippen LogP contribution in [0.3, 0.4) is 0 Å². The monoisotopic (exact) mass is 454 g/mol. The van der Waals surface area contributed by atoms with Crippen LogP contribution in [0.1, 0.15) is 25.0 Å². The van der Waals surface area contributed by atoms with Gasteiger partial charge in [-0.25, -0.2) is 0 Å². The molecule has 2 rings (SSSR count). The predicted molar refractivity (Wildman–Crippen MR) is 123 cm³/mol. The summed E-state index contributed by atoms with van der Waals surface area (Å²) in [5.41, 5.74) is 7.76. The molecule has 4 atom stereocenters. The van der Waals surface area contributed by atoms with E-state index in [1.165, 1.54) is 13.8 Å². The number of amides is 3. The first kappa shape index (κ1) is 25.5. The lowest BCUT2D eigenvalue weighted by atomic mass is 10.0. The van der Waals surface area contributed by atoms with E-state index in [0.717, 1.165) is 11.1 Å². The van der Waals surface area contributed by atoms with Crippen LogP contribution in [0.25, 0.3) is 0 Å². The molecule has 2 aromatic carbocycles. The molecule has 9 nitrogen and oxygen atoms in total. The average molecular weight is 455 g/mol. The number of carbonyl (C=O) groups is 4. The summed E-state index contributed by atoms with van der Waals surface area (Å²) in [5.74, 6) is -2.91. The van der Waals surface area contributed by atoms with E-state index in [1.54, 1.807) is 0 Å². The van der Waals surface area contributed by atoms with Gasteiger partial charge in [0.25, 0.3) is 0 Å². The van der Waals surface area contributed by atoms with Crippen molar-refractivity contribution in [1.29, 1.82) is 0 Å². The summed E-state index contributed by atoms with van der Waals surface area (Å²) in [6, 6.07) is 14.4. The van der Waals surface area contributed by atoms with Crippen LogP contribution in [0.5, 0.6) is 0 Å². The molecule has 0 heterocycles. The number of nitrogens with two attached hydrogens (primary N) is 1. The Morgan fingerprint density at radius 1 is 0.727 bits per heavy atom. The summed E-state index contributed by atoms with van der Waals surface area (Å²) in [6.45, 7) is 2.76. The Hall–Kier alpha value is -3.72. The molecule has 33 heavy (non-hydrogen) atoms. The zero-order valence-corrected chi connectivity index (χ0v) is 18.7. The van der Waals surface area contributed by atoms with Gasteiger partial charge >= 0.3 is 5.97 Å². The molecule has 0 radical (unpaired) electrons. The quantitative estimate of drug-likeness (QED) is 0.331. The zero-order chi connectivity index (χ0) is 24.4. The Kier molecular flexibility index (Phi) is 9.56. The van der Waals surface area contributed by atoms with E-state index < -0.39 is 47.9 Å². The minimum atomic E-state index is -1.19. The van der Waals surface area contributed by atoms with Crippen molar-refractivity contribution in [2.75, 3.05) is 0 Å². The zero-order valence-electron chi connectivity index (χ0n) is 18.7. The van der Waals surface area contributed by atoms with Crippen molar-refractivity contribution in [3.8, 4) is 0 Å². The molecule has 6 N–H and O–H groups in total. The van der Waals surface area contributed by atoms with Gasteiger partial charge in [0.05, 0.1) is 6.04 Å². The minimum absolute atomic E-state index is 0.191. The van der Waals surface area contributed by atoms with Gasteiger partial charge in [0.1, 0.15) is 18.1 Å². The van der Waals surface area contributed by atoms with Gasteiger partial charge in [-0.3, -0.25) is 19.2 Å². The molecular formula is C24H30N4O5. The van der Waals surface area contributed by atoms with Gasteiger partial charge < -0.3 is 26.8 Å². The topological polar surface area (TPSA) is 151 Å². The Labute approximate surface area is 192 Å². The van der Waals surface area contributed by atoms with Crippen LogP contribution in [0.15, 0.2) is 60.7 Å². The van der Waals surface area contributed by atoms with E-state index in [1.807, 2.05) is 60.7 Å². The molecule has 0 aliphatic rings. The van der Waals surface area contributed by atoms with E-state index in [2.05, 4.69) is 16.0 Å². The summed E-state index contributed by atoms with van der Waals surface area (Å²) in [6.07, 6.45) is 0.495. The van der Waals surface area contributed by atoms with Gasteiger partial charge in [0, 0.05) is 6.42 Å². The molecule has 9 heteroatoms.